The number of aliphatic hydroxyl groups excluding tert-OH is 1. The van der Waals surface area contributed by atoms with Crippen molar-refractivity contribution >= 4 is 35.0 Å². The van der Waals surface area contributed by atoms with E-state index < -0.39 is 35.4 Å². The van der Waals surface area contributed by atoms with Gasteiger partial charge in [-0.1, -0.05) is 0 Å². The summed E-state index contributed by atoms with van der Waals surface area (Å²) in [5, 5.41) is 19.7. The Morgan fingerprint density at radius 3 is 2.67 bits per heavy atom. The largest absolute Gasteiger partial charge is 0.443 e. The summed E-state index contributed by atoms with van der Waals surface area (Å²) in [5.74, 6) is -0.0453. The summed E-state index contributed by atoms with van der Waals surface area (Å²) in [5.41, 5.74) is -1.03. The Kier molecular flexibility index (Phi) is 6.57. The maximum absolute atomic E-state index is 13.7. The van der Waals surface area contributed by atoms with Gasteiger partial charge in [-0.3, -0.25) is 14.5 Å². The van der Waals surface area contributed by atoms with Crippen molar-refractivity contribution in [2.24, 2.45) is 5.41 Å². The molecule has 2 saturated carbocycles. The highest BCUT2D eigenvalue weighted by Crippen LogP contribution is 2.44. The minimum atomic E-state index is -1.06. The lowest BCUT2D eigenvalue weighted by atomic mass is 10.1. The van der Waals surface area contributed by atoms with Gasteiger partial charge in [-0.2, -0.15) is 9.61 Å². The zero-order valence-electron chi connectivity index (χ0n) is 22.3. The maximum Gasteiger partial charge on any atom is 0.415 e. The minimum Gasteiger partial charge on any atom is -0.443 e. The van der Waals surface area contributed by atoms with Crippen LogP contribution >= 0.6 is 0 Å². The molecule has 5 rings (SSSR count). The van der Waals surface area contributed by atoms with Crippen LogP contribution in [0.4, 0.5) is 26.5 Å². The predicted octanol–water partition coefficient (Wildman–Crippen LogP) is 2.79. The molecule has 2 fully saturated rings. The van der Waals surface area contributed by atoms with Crippen LogP contribution in [0.1, 0.15) is 56.4 Å². The van der Waals surface area contributed by atoms with E-state index in [-0.39, 0.29) is 47.0 Å². The number of pyridine rings is 1. The number of aliphatic hydroxyl groups is 1. The number of rotatable bonds is 8. The molecule has 2 aliphatic rings. The number of ether oxygens (including phenoxy) is 1. The summed E-state index contributed by atoms with van der Waals surface area (Å²) in [6.45, 7) is 5.52. The third-order valence-corrected chi connectivity index (χ3v) is 6.90. The first-order valence-electron chi connectivity index (χ1n) is 12.8. The fourth-order valence-electron chi connectivity index (χ4n) is 4.21. The predicted molar refractivity (Wildman–Crippen MR) is 141 cm³/mol. The second-order valence-corrected chi connectivity index (χ2v) is 11.3. The zero-order chi connectivity index (χ0) is 28.1. The van der Waals surface area contributed by atoms with Crippen molar-refractivity contribution in [1.29, 1.82) is 0 Å². The van der Waals surface area contributed by atoms with Crippen molar-refractivity contribution in [3.63, 3.8) is 0 Å². The van der Waals surface area contributed by atoms with Gasteiger partial charge < -0.3 is 25.0 Å². The Morgan fingerprint density at radius 2 is 2.05 bits per heavy atom. The van der Waals surface area contributed by atoms with Gasteiger partial charge in [0.25, 0.3) is 11.5 Å². The monoisotopic (exact) mass is 541 g/mol. The van der Waals surface area contributed by atoms with E-state index in [0.29, 0.717) is 6.54 Å². The van der Waals surface area contributed by atoms with Crippen molar-refractivity contribution in [3.8, 4) is 0 Å². The Labute approximate surface area is 223 Å². The number of halogens is 1. The van der Waals surface area contributed by atoms with Crippen LogP contribution in [0.25, 0.3) is 5.65 Å². The van der Waals surface area contributed by atoms with Gasteiger partial charge in [0.2, 0.25) is 0 Å². The first kappa shape index (κ1) is 26.6. The van der Waals surface area contributed by atoms with Crippen molar-refractivity contribution in [2.75, 3.05) is 30.4 Å². The summed E-state index contributed by atoms with van der Waals surface area (Å²) >= 11 is 0. The van der Waals surface area contributed by atoms with Gasteiger partial charge in [0.05, 0.1) is 18.8 Å². The molecule has 2 amide bonds. The molecule has 1 unspecified atom stereocenters. The molecular weight excluding hydrogens is 509 g/mol. The highest BCUT2D eigenvalue weighted by atomic mass is 19.1. The van der Waals surface area contributed by atoms with E-state index in [4.69, 9.17) is 4.74 Å². The maximum atomic E-state index is 13.7. The number of nitrogens with zero attached hydrogens (tertiary/aromatic N) is 5. The number of nitrogens with one attached hydrogen (secondary N) is 2. The number of hydrogen-bond donors (Lipinski definition) is 3. The average molecular weight is 542 g/mol. The molecule has 0 aliphatic heterocycles. The molecule has 2 aliphatic carbocycles. The highest BCUT2D eigenvalue weighted by Gasteiger charge is 2.42. The number of anilines is 3. The van der Waals surface area contributed by atoms with E-state index in [1.165, 1.54) is 39.5 Å². The van der Waals surface area contributed by atoms with Gasteiger partial charge in [-0.25, -0.2) is 14.2 Å². The van der Waals surface area contributed by atoms with Crippen LogP contribution in [0, 0.1) is 5.41 Å². The molecule has 3 N–H and O–H groups in total. The van der Waals surface area contributed by atoms with Crippen LogP contribution in [0.15, 0.2) is 35.4 Å². The second kappa shape index (κ2) is 9.63. The summed E-state index contributed by atoms with van der Waals surface area (Å²) in [6.07, 6.45) is 3.10. The van der Waals surface area contributed by atoms with Crippen molar-refractivity contribution in [3.05, 3.63) is 46.5 Å². The van der Waals surface area contributed by atoms with Gasteiger partial charge in [0.15, 0.2) is 5.65 Å². The molecule has 3 aromatic rings. The first-order valence-corrected chi connectivity index (χ1v) is 12.8. The molecule has 0 aromatic carbocycles. The molecule has 0 radical (unpaired) electrons. The van der Waals surface area contributed by atoms with Crippen LogP contribution in [0.2, 0.25) is 0 Å². The van der Waals surface area contributed by atoms with Crippen LogP contribution in [-0.2, 0) is 4.74 Å². The zero-order valence-corrected chi connectivity index (χ0v) is 22.3. The van der Waals surface area contributed by atoms with Gasteiger partial charge in [-0.15, -0.1) is 0 Å². The molecule has 12 nitrogen and oxygen atoms in total. The SMILES string of the molecule is CN(C(=O)OC(C)(C)C)c1cc(Nc2cccn(C3C[C@@H]3F)c2=O)nc2c(C(=O)NCC3(CO)CC3)cnn12. The average Bonchev–Trinajstić information content (AvgIpc) is 3.78. The summed E-state index contributed by atoms with van der Waals surface area (Å²) in [6, 6.07) is 4.18. The van der Waals surface area contributed by atoms with Gasteiger partial charge in [0.1, 0.15) is 34.7 Å². The minimum absolute atomic E-state index is 0.0161. The smallest absolute Gasteiger partial charge is 0.415 e. The third-order valence-electron chi connectivity index (χ3n) is 6.90. The van der Waals surface area contributed by atoms with Crippen LogP contribution < -0.4 is 21.1 Å². The lowest BCUT2D eigenvalue weighted by molar-refractivity contribution is 0.0587. The molecule has 2 atom stereocenters. The Morgan fingerprint density at radius 1 is 1.33 bits per heavy atom. The lowest BCUT2D eigenvalue weighted by Gasteiger charge is -2.25. The summed E-state index contributed by atoms with van der Waals surface area (Å²) in [4.78, 5) is 44.8. The first-order chi connectivity index (χ1) is 18.4. The summed E-state index contributed by atoms with van der Waals surface area (Å²) < 4.78 is 21.8. The molecular formula is C26H32FN7O5. The van der Waals surface area contributed by atoms with E-state index in [0.717, 1.165) is 12.8 Å². The van der Waals surface area contributed by atoms with E-state index >= 15 is 0 Å². The quantitative estimate of drug-likeness (QED) is 0.395. The molecule has 3 heterocycles. The molecule has 0 spiro atoms. The van der Waals surface area contributed by atoms with E-state index in [9.17, 15) is 23.9 Å². The van der Waals surface area contributed by atoms with Gasteiger partial charge in [-0.05, 0) is 45.7 Å². The van der Waals surface area contributed by atoms with Crippen LogP contribution in [0.3, 0.4) is 0 Å². The third kappa shape index (κ3) is 5.44. The number of carbonyl (C=O) groups excluding carboxylic acids is 2. The Hall–Kier alpha value is -4.00. The number of hydrogen-bond acceptors (Lipinski definition) is 8. The number of fused-ring (bicyclic) bond motifs is 1. The van der Waals surface area contributed by atoms with Crippen molar-refractivity contribution in [1.82, 2.24) is 24.5 Å². The fourth-order valence-corrected chi connectivity index (χ4v) is 4.21. The Bertz CT molecular complexity index is 1490. The standard InChI is InChI=1S/C26H32FN7O5/c1-25(2,3)39-24(38)32(4)20-11-19(30-17-6-5-9-33(23(17)37)18-10-16(18)27)31-21-15(12-29-34(20)21)22(36)28-13-26(14-35)7-8-26/h5-6,9,11-12,16,18,35H,7-8,10,13-14H2,1-4H3,(H,28,36)(H,30,31)/t16-,18?/m0/s1. The van der Waals surface area contributed by atoms with Crippen LogP contribution in [0.5, 0.6) is 0 Å². The van der Waals surface area contributed by atoms with E-state index in [2.05, 4.69) is 20.7 Å². The molecule has 13 heteroatoms. The topological polar surface area (TPSA) is 143 Å². The van der Waals surface area contributed by atoms with Crippen molar-refractivity contribution in [2.45, 2.75) is 57.8 Å². The normalized spacial score (nSPS) is 19.4. The van der Waals surface area contributed by atoms with E-state index in [1.807, 2.05) is 0 Å². The number of aromatic nitrogens is 4. The lowest BCUT2D eigenvalue weighted by Crippen LogP contribution is -2.35. The second-order valence-electron chi connectivity index (χ2n) is 11.3. The molecule has 0 saturated heterocycles. The molecule has 208 valence electrons. The molecule has 0 bridgehead atoms. The highest BCUT2D eigenvalue weighted by molar-refractivity contribution is 6.00. The van der Waals surface area contributed by atoms with Crippen molar-refractivity contribution < 1.29 is 23.8 Å². The van der Waals surface area contributed by atoms with Crippen LogP contribution in [-0.4, -0.2) is 68.2 Å². The molecule has 39 heavy (non-hydrogen) atoms. The fraction of sp³-hybridized carbons (Fsp3) is 0.500. The summed E-state index contributed by atoms with van der Waals surface area (Å²) in [7, 11) is 1.50. The number of amides is 2. The Balaban J connectivity index is 1.52. The van der Waals surface area contributed by atoms with E-state index in [1.54, 1.807) is 32.9 Å². The molecule has 3 aromatic heterocycles. The van der Waals surface area contributed by atoms with Gasteiger partial charge in [0, 0.05) is 37.7 Å². The number of carbonyl (C=O) groups is 2. The van der Waals surface area contributed by atoms with Gasteiger partial charge >= 0.3 is 6.09 Å². The number of alkyl halides is 1.